The zero-order valence-electron chi connectivity index (χ0n) is 13.1. The van der Waals surface area contributed by atoms with Crippen LogP contribution in [0.2, 0.25) is 0 Å². The van der Waals surface area contributed by atoms with Crippen LogP contribution in [0.5, 0.6) is 0 Å². The largest absolute Gasteiger partial charge is 0.416 e. The summed E-state index contributed by atoms with van der Waals surface area (Å²) >= 11 is 0. The van der Waals surface area contributed by atoms with Crippen LogP contribution in [-0.2, 0) is 28.9 Å². The molecule has 0 fully saturated rings. The fraction of sp³-hybridized carbons (Fsp3) is 0.211. The first kappa shape index (κ1) is 16.1. The maximum absolute atomic E-state index is 13.1. The Morgan fingerprint density at radius 1 is 1.08 bits per heavy atom. The molecular formula is C19H14F3NO2. The highest BCUT2D eigenvalue weighted by Crippen LogP contribution is 2.35. The molecule has 0 saturated heterocycles. The van der Waals surface area contributed by atoms with Crippen molar-refractivity contribution in [1.82, 2.24) is 4.98 Å². The van der Waals surface area contributed by atoms with Crippen molar-refractivity contribution in [3.63, 3.8) is 0 Å². The lowest BCUT2D eigenvalue weighted by atomic mass is 10.1. The van der Waals surface area contributed by atoms with E-state index in [9.17, 15) is 13.2 Å². The van der Waals surface area contributed by atoms with Gasteiger partial charge in [0.2, 0.25) is 6.29 Å². The molecule has 2 heterocycles. The molecule has 128 valence electrons. The molecule has 1 unspecified atom stereocenters. The Hall–Kier alpha value is -2.44. The molecule has 2 aromatic carbocycles. The molecule has 0 spiro atoms. The normalized spacial score (nSPS) is 17.0. The van der Waals surface area contributed by atoms with E-state index in [0.717, 1.165) is 22.5 Å². The van der Waals surface area contributed by atoms with Crippen LogP contribution < -0.4 is 0 Å². The summed E-state index contributed by atoms with van der Waals surface area (Å²) in [5.41, 5.74) is 1.71. The zero-order valence-corrected chi connectivity index (χ0v) is 13.1. The van der Waals surface area contributed by atoms with Gasteiger partial charge >= 0.3 is 6.18 Å². The number of hydrogen-bond acceptors (Lipinski definition) is 3. The second-order valence-corrected chi connectivity index (χ2v) is 5.83. The fourth-order valence-electron chi connectivity index (χ4n) is 2.95. The SMILES string of the molecule is FC(F)(F)c1ccccc1COC1OCc2cc3ccccc3nc21. The van der Waals surface area contributed by atoms with Gasteiger partial charge in [0.05, 0.1) is 24.3 Å². The van der Waals surface area contributed by atoms with Crippen molar-refractivity contribution in [3.05, 3.63) is 77.0 Å². The quantitative estimate of drug-likeness (QED) is 0.669. The highest BCUT2D eigenvalue weighted by molar-refractivity contribution is 5.79. The first-order valence-corrected chi connectivity index (χ1v) is 7.79. The predicted octanol–water partition coefficient (Wildman–Crippen LogP) is 5.00. The van der Waals surface area contributed by atoms with Gasteiger partial charge < -0.3 is 9.47 Å². The van der Waals surface area contributed by atoms with E-state index < -0.39 is 18.0 Å². The summed E-state index contributed by atoms with van der Waals surface area (Å²) in [6.07, 6.45) is -5.18. The molecule has 0 N–H and O–H groups in total. The van der Waals surface area contributed by atoms with Gasteiger partial charge in [0.15, 0.2) is 0 Å². The number of ether oxygens (including phenoxy) is 2. The number of pyridine rings is 1. The first-order chi connectivity index (χ1) is 12.0. The number of fused-ring (bicyclic) bond motifs is 2. The third-order valence-corrected chi connectivity index (χ3v) is 4.16. The number of aromatic nitrogens is 1. The Kier molecular flexibility index (Phi) is 3.94. The van der Waals surface area contributed by atoms with Gasteiger partial charge in [-0.1, -0.05) is 36.4 Å². The van der Waals surface area contributed by atoms with E-state index >= 15 is 0 Å². The van der Waals surface area contributed by atoms with Gasteiger partial charge in [0.25, 0.3) is 0 Å². The molecule has 1 aliphatic heterocycles. The molecule has 0 aliphatic carbocycles. The maximum Gasteiger partial charge on any atom is 0.416 e. The second-order valence-electron chi connectivity index (χ2n) is 5.83. The van der Waals surface area contributed by atoms with Crippen molar-refractivity contribution in [2.75, 3.05) is 0 Å². The number of hydrogen-bond donors (Lipinski definition) is 0. The number of halogens is 3. The lowest BCUT2D eigenvalue weighted by molar-refractivity contribution is -0.154. The molecule has 25 heavy (non-hydrogen) atoms. The van der Waals surface area contributed by atoms with Gasteiger partial charge in [-0.05, 0) is 23.8 Å². The molecule has 0 amide bonds. The number of alkyl halides is 3. The Morgan fingerprint density at radius 3 is 2.68 bits per heavy atom. The number of para-hydroxylation sites is 1. The smallest absolute Gasteiger partial charge is 0.342 e. The van der Waals surface area contributed by atoms with Crippen LogP contribution in [0.4, 0.5) is 13.2 Å². The molecule has 1 aliphatic rings. The molecule has 1 atom stereocenters. The topological polar surface area (TPSA) is 31.4 Å². The van der Waals surface area contributed by atoms with Crippen molar-refractivity contribution in [2.45, 2.75) is 25.7 Å². The van der Waals surface area contributed by atoms with Gasteiger partial charge in [0, 0.05) is 10.9 Å². The first-order valence-electron chi connectivity index (χ1n) is 7.79. The van der Waals surface area contributed by atoms with Crippen molar-refractivity contribution in [1.29, 1.82) is 0 Å². The molecule has 3 aromatic rings. The van der Waals surface area contributed by atoms with Crippen LogP contribution in [0.1, 0.15) is 28.7 Å². The molecule has 6 heteroatoms. The van der Waals surface area contributed by atoms with Gasteiger partial charge in [-0.15, -0.1) is 0 Å². The summed E-state index contributed by atoms with van der Waals surface area (Å²) in [5.74, 6) is 0. The minimum absolute atomic E-state index is 0.0767. The highest BCUT2D eigenvalue weighted by Gasteiger charge is 2.33. The average molecular weight is 345 g/mol. The maximum atomic E-state index is 13.1. The molecule has 0 bridgehead atoms. The number of rotatable bonds is 3. The van der Waals surface area contributed by atoms with E-state index in [4.69, 9.17) is 9.47 Å². The van der Waals surface area contributed by atoms with Gasteiger partial charge in [-0.25, -0.2) is 4.98 Å². The summed E-state index contributed by atoms with van der Waals surface area (Å²) in [5, 5.41) is 0.993. The van der Waals surface area contributed by atoms with E-state index in [1.807, 2.05) is 30.3 Å². The van der Waals surface area contributed by atoms with Crippen LogP contribution >= 0.6 is 0 Å². The van der Waals surface area contributed by atoms with E-state index in [1.165, 1.54) is 12.1 Å². The Morgan fingerprint density at radius 2 is 1.84 bits per heavy atom. The van der Waals surface area contributed by atoms with Crippen molar-refractivity contribution < 1.29 is 22.6 Å². The number of benzene rings is 2. The van der Waals surface area contributed by atoms with Crippen LogP contribution in [0.25, 0.3) is 10.9 Å². The van der Waals surface area contributed by atoms with E-state index in [1.54, 1.807) is 6.07 Å². The van der Waals surface area contributed by atoms with Crippen LogP contribution in [0.3, 0.4) is 0 Å². The van der Waals surface area contributed by atoms with E-state index in [0.29, 0.717) is 12.3 Å². The lowest BCUT2D eigenvalue weighted by Gasteiger charge is -2.16. The van der Waals surface area contributed by atoms with Gasteiger partial charge in [0.1, 0.15) is 5.69 Å². The van der Waals surface area contributed by atoms with Crippen LogP contribution in [-0.4, -0.2) is 4.98 Å². The summed E-state index contributed by atoms with van der Waals surface area (Å²) in [7, 11) is 0. The van der Waals surface area contributed by atoms with Crippen molar-refractivity contribution >= 4 is 10.9 Å². The predicted molar refractivity (Wildman–Crippen MR) is 85.5 cm³/mol. The van der Waals surface area contributed by atoms with E-state index in [-0.39, 0.29) is 12.2 Å². The summed E-state index contributed by atoms with van der Waals surface area (Å²) in [6.45, 7) is 0.132. The molecule has 3 nitrogen and oxygen atoms in total. The molecule has 0 radical (unpaired) electrons. The highest BCUT2D eigenvalue weighted by atomic mass is 19.4. The Labute approximate surface area is 142 Å². The van der Waals surface area contributed by atoms with Crippen molar-refractivity contribution in [2.24, 2.45) is 0 Å². The minimum Gasteiger partial charge on any atom is -0.342 e. The standard InChI is InChI=1S/C19H14F3NO2/c20-19(21,22)15-7-3-1-6-13(15)10-24-18-17-14(11-25-18)9-12-5-2-4-8-16(12)23-17/h1-9,18H,10-11H2. The molecule has 1 aromatic heterocycles. The van der Waals surface area contributed by atoms with Crippen LogP contribution in [0, 0.1) is 0 Å². The van der Waals surface area contributed by atoms with E-state index in [2.05, 4.69) is 4.98 Å². The lowest BCUT2D eigenvalue weighted by Crippen LogP contribution is -2.11. The Bertz CT molecular complexity index is 924. The monoisotopic (exact) mass is 345 g/mol. The Balaban J connectivity index is 1.58. The third-order valence-electron chi connectivity index (χ3n) is 4.16. The zero-order chi connectivity index (χ0) is 17.4. The second kappa shape index (κ2) is 6.13. The molecule has 4 rings (SSSR count). The summed E-state index contributed by atoms with van der Waals surface area (Å²) in [4.78, 5) is 4.55. The van der Waals surface area contributed by atoms with Gasteiger partial charge in [-0.2, -0.15) is 13.2 Å². The van der Waals surface area contributed by atoms with Crippen molar-refractivity contribution in [3.8, 4) is 0 Å². The molecule has 0 saturated carbocycles. The summed E-state index contributed by atoms with van der Waals surface area (Å²) < 4.78 is 50.4. The summed E-state index contributed by atoms with van der Waals surface area (Å²) in [6, 6.07) is 15.0. The fourth-order valence-corrected chi connectivity index (χ4v) is 2.95. The van der Waals surface area contributed by atoms with Crippen LogP contribution in [0.15, 0.2) is 54.6 Å². The van der Waals surface area contributed by atoms with Gasteiger partial charge in [-0.3, -0.25) is 0 Å². The minimum atomic E-state index is -4.41. The number of nitrogens with zero attached hydrogens (tertiary/aromatic N) is 1. The average Bonchev–Trinajstić information content (AvgIpc) is 2.99. The third kappa shape index (κ3) is 3.10. The molecular weight excluding hydrogens is 331 g/mol.